The van der Waals surface area contributed by atoms with Gasteiger partial charge in [-0.2, -0.15) is 0 Å². The number of aliphatic hydroxyl groups excluding tert-OH is 2. The zero-order chi connectivity index (χ0) is 49.3. The number of nitrogens with one attached hydrogen (secondary N) is 1. The summed E-state index contributed by atoms with van der Waals surface area (Å²) in [5.74, 6) is -0.0658. The normalized spacial score (nSPS) is 12.7. The predicted molar refractivity (Wildman–Crippen MR) is 296 cm³/mol. The predicted octanol–water partition coefficient (Wildman–Crippen LogP) is 19.0. The molecule has 0 rings (SSSR count). The van der Waals surface area contributed by atoms with Gasteiger partial charge in [0.25, 0.3) is 0 Å². The van der Waals surface area contributed by atoms with Crippen LogP contribution in [0.25, 0.3) is 0 Å². The van der Waals surface area contributed by atoms with Gasteiger partial charge in [0.05, 0.1) is 25.4 Å². The second-order valence-corrected chi connectivity index (χ2v) is 21.0. The first-order valence-corrected chi connectivity index (χ1v) is 30.6. The Morgan fingerprint density at radius 2 is 0.691 bits per heavy atom. The Labute approximate surface area is 424 Å². The number of carbonyl (C=O) groups excluding carboxylic acids is 2. The highest BCUT2D eigenvalue weighted by molar-refractivity contribution is 5.76. The number of allylic oxidation sites excluding steroid dienone is 4. The van der Waals surface area contributed by atoms with Crippen LogP contribution in [0, 0.1) is 0 Å². The number of hydrogen-bond acceptors (Lipinski definition) is 5. The third-order valence-electron chi connectivity index (χ3n) is 14.2. The summed E-state index contributed by atoms with van der Waals surface area (Å²) in [6.07, 6.45) is 70.3. The number of rotatable bonds is 57. The molecule has 3 N–H and O–H groups in total. The van der Waals surface area contributed by atoms with E-state index in [1.165, 1.54) is 231 Å². The van der Waals surface area contributed by atoms with Gasteiger partial charge < -0.3 is 20.3 Å². The van der Waals surface area contributed by atoms with Gasteiger partial charge in [-0.25, -0.2) is 0 Å². The quantitative estimate of drug-likeness (QED) is 0.0321. The Morgan fingerprint density at radius 1 is 0.397 bits per heavy atom. The topological polar surface area (TPSA) is 95.9 Å². The van der Waals surface area contributed by atoms with Crippen molar-refractivity contribution in [1.82, 2.24) is 5.32 Å². The summed E-state index contributed by atoms with van der Waals surface area (Å²) in [4.78, 5) is 24.5. The molecule has 0 bridgehead atoms. The van der Waals surface area contributed by atoms with Gasteiger partial charge in [0.1, 0.15) is 0 Å². The molecule has 0 spiro atoms. The number of aliphatic hydroxyl groups is 2. The van der Waals surface area contributed by atoms with E-state index in [2.05, 4.69) is 43.5 Å². The summed E-state index contributed by atoms with van der Waals surface area (Å²) >= 11 is 0. The molecule has 0 saturated carbocycles. The van der Waals surface area contributed by atoms with E-state index in [1.807, 2.05) is 0 Å². The van der Waals surface area contributed by atoms with Gasteiger partial charge in [-0.05, 0) is 77.0 Å². The maximum atomic E-state index is 12.5. The first-order valence-electron chi connectivity index (χ1n) is 30.6. The fourth-order valence-electron chi connectivity index (χ4n) is 9.51. The molecular weight excluding hydrogens is 839 g/mol. The largest absolute Gasteiger partial charge is 0.466 e. The molecule has 0 aliphatic carbocycles. The summed E-state index contributed by atoms with van der Waals surface area (Å²) in [5.41, 5.74) is 0. The van der Waals surface area contributed by atoms with Crippen LogP contribution in [0.4, 0.5) is 0 Å². The zero-order valence-corrected chi connectivity index (χ0v) is 45.9. The summed E-state index contributed by atoms with van der Waals surface area (Å²) < 4.78 is 5.45. The molecule has 68 heavy (non-hydrogen) atoms. The monoisotopic (exact) mass is 958 g/mol. The van der Waals surface area contributed by atoms with Crippen molar-refractivity contribution in [1.29, 1.82) is 0 Å². The molecule has 0 radical (unpaired) electrons. The Morgan fingerprint density at radius 3 is 1.06 bits per heavy atom. The van der Waals surface area contributed by atoms with Crippen molar-refractivity contribution >= 4 is 11.9 Å². The fourth-order valence-corrected chi connectivity index (χ4v) is 9.51. The van der Waals surface area contributed by atoms with Crippen LogP contribution < -0.4 is 5.32 Å². The standard InChI is InChI=1S/C62H119NO5/c1-3-5-7-9-11-13-15-17-18-19-20-21-22-23-24-25-27-31-34-38-42-46-50-54-60(65)59(58-64)63-61(66)55-51-47-43-39-35-32-28-26-29-33-37-41-45-49-53-57-68-62(67)56-52-48-44-40-36-30-16-14-12-10-8-6-4-2/h14,16,29,33,59-60,64-65H,3-13,15,17-28,30-32,34-58H2,1-2H3,(H,63,66)/b16-14-,33-29-. The van der Waals surface area contributed by atoms with Gasteiger partial charge in [-0.1, -0.05) is 269 Å². The van der Waals surface area contributed by atoms with Gasteiger partial charge in [0.15, 0.2) is 0 Å². The molecule has 1 amide bonds. The van der Waals surface area contributed by atoms with Gasteiger partial charge in [-0.3, -0.25) is 9.59 Å². The molecule has 0 aromatic rings. The lowest BCUT2D eigenvalue weighted by Crippen LogP contribution is -2.45. The first kappa shape index (κ1) is 66.3. The first-order chi connectivity index (χ1) is 33.5. The van der Waals surface area contributed by atoms with Gasteiger partial charge in [0.2, 0.25) is 5.91 Å². The Balaban J connectivity index is 3.47. The highest BCUT2D eigenvalue weighted by Crippen LogP contribution is 2.18. The van der Waals surface area contributed by atoms with Crippen LogP contribution in [0.15, 0.2) is 24.3 Å². The molecule has 0 aliphatic heterocycles. The number of unbranched alkanes of at least 4 members (excludes halogenated alkanes) is 42. The maximum absolute atomic E-state index is 12.5. The van der Waals surface area contributed by atoms with E-state index in [4.69, 9.17) is 4.74 Å². The van der Waals surface area contributed by atoms with E-state index in [1.54, 1.807) is 0 Å². The molecule has 0 aromatic carbocycles. The van der Waals surface area contributed by atoms with Crippen molar-refractivity contribution in [2.24, 2.45) is 0 Å². The lowest BCUT2D eigenvalue weighted by atomic mass is 10.0. The van der Waals surface area contributed by atoms with Crippen molar-refractivity contribution in [2.45, 2.75) is 347 Å². The van der Waals surface area contributed by atoms with Gasteiger partial charge in [-0.15, -0.1) is 0 Å². The van der Waals surface area contributed by atoms with Crippen LogP contribution >= 0.6 is 0 Å². The molecule has 6 nitrogen and oxygen atoms in total. The molecule has 0 aromatic heterocycles. The van der Waals surface area contributed by atoms with Crippen LogP contribution in [0.3, 0.4) is 0 Å². The molecule has 2 unspecified atom stereocenters. The van der Waals surface area contributed by atoms with E-state index >= 15 is 0 Å². The third kappa shape index (κ3) is 53.7. The van der Waals surface area contributed by atoms with E-state index in [9.17, 15) is 19.8 Å². The minimum Gasteiger partial charge on any atom is -0.466 e. The second kappa shape index (κ2) is 57.9. The average molecular weight is 959 g/mol. The SMILES string of the molecule is CCCCCC/C=C\CCCCCCCC(=O)OCCCCCC/C=C\CCCCCCCCCC(=O)NC(CO)C(O)CCCCCCCCCCCCCCCCCCCCCCCCC. The van der Waals surface area contributed by atoms with E-state index in [0.29, 0.717) is 25.9 Å². The van der Waals surface area contributed by atoms with Crippen molar-refractivity contribution < 1.29 is 24.5 Å². The van der Waals surface area contributed by atoms with E-state index in [0.717, 1.165) is 70.6 Å². The van der Waals surface area contributed by atoms with Crippen molar-refractivity contribution in [2.75, 3.05) is 13.2 Å². The van der Waals surface area contributed by atoms with E-state index in [-0.39, 0.29) is 18.5 Å². The minimum atomic E-state index is -0.676. The molecule has 0 saturated heterocycles. The number of esters is 1. The Bertz CT molecular complexity index is 1060. The van der Waals surface area contributed by atoms with Gasteiger partial charge >= 0.3 is 5.97 Å². The van der Waals surface area contributed by atoms with Crippen LogP contribution in [-0.2, 0) is 14.3 Å². The van der Waals surface area contributed by atoms with Crippen LogP contribution in [0.2, 0.25) is 0 Å². The number of carbonyl (C=O) groups is 2. The van der Waals surface area contributed by atoms with Crippen LogP contribution in [0.1, 0.15) is 335 Å². The third-order valence-corrected chi connectivity index (χ3v) is 14.2. The fraction of sp³-hybridized carbons (Fsp3) is 0.903. The highest BCUT2D eigenvalue weighted by Gasteiger charge is 2.20. The summed E-state index contributed by atoms with van der Waals surface area (Å²) in [6.45, 7) is 4.92. The highest BCUT2D eigenvalue weighted by atomic mass is 16.5. The summed E-state index contributed by atoms with van der Waals surface area (Å²) in [5, 5.41) is 23.4. The molecule has 0 fully saturated rings. The Hall–Kier alpha value is -1.66. The zero-order valence-electron chi connectivity index (χ0n) is 45.9. The minimum absolute atomic E-state index is 0.0186. The van der Waals surface area contributed by atoms with Crippen molar-refractivity contribution in [3.8, 4) is 0 Å². The second-order valence-electron chi connectivity index (χ2n) is 21.0. The molecule has 0 heterocycles. The smallest absolute Gasteiger partial charge is 0.305 e. The summed E-state index contributed by atoms with van der Waals surface area (Å²) in [7, 11) is 0. The molecular formula is C62H119NO5. The number of ether oxygens (including phenoxy) is 1. The number of hydrogen-bond donors (Lipinski definition) is 3. The van der Waals surface area contributed by atoms with Crippen molar-refractivity contribution in [3.05, 3.63) is 24.3 Å². The molecule has 2 atom stereocenters. The van der Waals surface area contributed by atoms with Crippen molar-refractivity contribution in [3.63, 3.8) is 0 Å². The molecule has 402 valence electrons. The van der Waals surface area contributed by atoms with Crippen LogP contribution in [-0.4, -0.2) is 47.4 Å². The molecule has 0 aliphatic rings. The summed E-state index contributed by atoms with van der Waals surface area (Å²) in [6, 6.07) is -0.554. The van der Waals surface area contributed by atoms with E-state index < -0.39 is 12.1 Å². The lowest BCUT2D eigenvalue weighted by molar-refractivity contribution is -0.143. The maximum Gasteiger partial charge on any atom is 0.305 e. The Kier molecular flexibility index (Phi) is 56.5. The number of amides is 1. The lowest BCUT2D eigenvalue weighted by Gasteiger charge is -2.22. The van der Waals surface area contributed by atoms with Gasteiger partial charge in [0, 0.05) is 12.8 Å². The molecule has 6 heteroatoms. The van der Waals surface area contributed by atoms with Crippen LogP contribution in [0.5, 0.6) is 0 Å². The average Bonchev–Trinajstić information content (AvgIpc) is 3.34.